The summed E-state index contributed by atoms with van der Waals surface area (Å²) in [6, 6.07) is 7.93. The van der Waals surface area contributed by atoms with Gasteiger partial charge in [0.25, 0.3) is 5.56 Å². The maximum atomic E-state index is 13.1. The molecule has 0 bridgehead atoms. The van der Waals surface area contributed by atoms with Crippen LogP contribution in [0.3, 0.4) is 0 Å². The average Bonchev–Trinajstić information content (AvgIpc) is 3.47. The summed E-state index contributed by atoms with van der Waals surface area (Å²) in [6.07, 6.45) is 6.73. The molecular formula is C22H27N3O2. The maximum absolute atomic E-state index is 13.1. The minimum atomic E-state index is 0.0111. The lowest BCUT2D eigenvalue weighted by Crippen LogP contribution is -2.29. The highest BCUT2D eigenvalue weighted by Crippen LogP contribution is 2.33. The Balaban J connectivity index is 1.74. The summed E-state index contributed by atoms with van der Waals surface area (Å²) in [5.41, 5.74) is 7.12. The molecule has 2 aromatic heterocycles. The minimum absolute atomic E-state index is 0.0111. The first-order valence-corrected chi connectivity index (χ1v) is 9.81. The van der Waals surface area contributed by atoms with Gasteiger partial charge in [0.15, 0.2) is 0 Å². The molecule has 0 saturated heterocycles. The number of benzene rings is 1. The van der Waals surface area contributed by atoms with Crippen molar-refractivity contribution in [3.8, 4) is 5.75 Å². The second-order valence-corrected chi connectivity index (χ2v) is 8.16. The number of hydrogen-bond acceptors (Lipinski definition) is 4. The molecule has 0 spiro atoms. The van der Waals surface area contributed by atoms with Crippen molar-refractivity contribution < 1.29 is 4.74 Å². The Kier molecular flexibility index (Phi) is 4.87. The number of rotatable bonds is 7. The van der Waals surface area contributed by atoms with Crippen LogP contribution in [0, 0.1) is 11.8 Å². The fraction of sp³-hybridized carbons (Fsp3) is 0.455. The zero-order valence-corrected chi connectivity index (χ0v) is 16.0. The highest BCUT2D eigenvalue weighted by Gasteiger charge is 2.24. The number of pyridine rings is 2. The van der Waals surface area contributed by atoms with E-state index in [2.05, 4.69) is 18.8 Å². The summed E-state index contributed by atoms with van der Waals surface area (Å²) in [7, 11) is 0. The van der Waals surface area contributed by atoms with E-state index >= 15 is 0 Å². The van der Waals surface area contributed by atoms with Crippen molar-refractivity contribution in [3.05, 3.63) is 47.0 Å². The summed E-state index contributed by atoms with van der Waals surface area (Å²) in [5.74, 6) is 1.91. The van der Waals surface area contributed by atoms with Crippen molar-refractivity contribution in [1.29, 1.82) is 0 Å². The Morgan fingerprint density at radius 2 is 2.04 bits per heavy atom. The molecule has 0 unspecified atom stereocenters. The van der Waals surface area contributed by atoms with Gasteiger partial charge in [0.2, 0.25) is 0 Å². The number of hydrogen-bond donors (Lipinski definition) is 1. The number of nitrogens with two attached hydrogens (primary N) is 1. The van der Waals surface area contributed by atoms with Crippen molar-refractivity contribution in [2.45, 2.75) is 45.7 Å². The molecule has 0 radical (unpaired) electrons. The van der Waals surface area contributed by atoms with Crippen LogP contribution in [0.1, 0.15) is 33.1 Å². The van der Waals surface area contributed by atoms with E-state index < -0.39 is 0 Å². The third kappa shape index (κ3) is 3.83. The number of ether oxygens (including phenoxy) is 1. The molecule has 1 atom stereocenters. The third-order valence-electron chi connectivity index (χ3n) is 5.22. The van der Waals surface area contributed by atoms with Gasteiger partial charge in [0.1, 0.15) is 12.4 Å². The van der Waals surface area contributed by atoms with Gasteiger partial charge in [-0.05, 0) is 54.7 Å². The first-order valence-electron chi connectivity index (χ1n) is 9.81. The summed E-state index contributed by atoms with van der Waals surface area (Å²) < 4.78 is 7.85. The van der Waals surface area contributed by atoms with Gasteiger partial charge in [0, 0.05) is 36.4 Å². The second kappa shape index (κ2) is 7.31. The second-order valence-electron chi connectivity index (χ2n) is 8.16. The molecule has 5 nitrogen and oxygen atoms in total. The Bertz CT molecular complexity index is 1020. The molecule has 1 aromatic carbocycles. The summed E-state index contributed by atoms with van der Waals surface area (Å²) >= 11 is 0. The molecule has 1 aliphatic rings. The Morgan fingerprint density at radius 3 is 2.78 bits per heavy atom. The summed E-state index contributed by atoms with van der Waals surface area (Å²) in [5, 5.41) is 2.69. The zero-order chi connectivity index (χ0) is 19.0. The van der Waals surface area contributed by atoms with Gasteiger partial charge in [-0.3, -0.25) is 9.78 Å². The highest BCUT2D eigenvalue weighted by atomic mass is 16.5. The Morgan fingerprint density at radius 1 is 1.22 bits per heavy atom. The minimum Gasteiger partial charge on any atom is -0.492 e. The van der Waals surface area contributed by atoms with E-state index in [9.17, 15) is 4.79 Å². The quantitative estimate of drug-likeness (QED) is 0.648. The van der Waals surface area contributed by atoms with Crippen molar-refractivity contribution in [3.63, 3.8) is 0 Å². The Labute approximate surface area is 159 Å². The van der Waals surface area contributed by atoms with Crippen LogP contribution in [0.5, 0.6) is 5.75 Å². The van der Waals surface area contributed by atoms with Gasteiger partial charge in [-0.15, -0.1) is 0 Å². The van der Waals surface area contributed by atoms with Crippen LogP contribution in [0.2, 0.25) is 0 Å². The first kappa shape index (κ1) is 18.0. The lowest BCUT2D eigenvalue weighted by atomic mass is 10.1. The van der Waals surface area contributed by atoms with E-state index in [1.807, 2.05) is 28.8 Å². The number of nitrogens with zero attached hydrogens (tertiary/aromatic N) is 2. The average molecular weight is 365 g/mol. The highest BCUT2D eigenvalue weighted by molar-refractivity contribution is 6.05. The van der Waals surface area contributed by atoms with Crippen LogP contribution in [0.15, 0.2) is 41.5 Å². The van der Waals surface area contributed by atoms with Crippen molar-refractivity contribution in [2.24, 2.45) is 17.6 Å². The number of aromatic nitrogens is 2. The van der Waals surface area contributed by atoms with Gasteiger partial charge in [-0.2, -0.15) is 0 Å². The van der Waals surface area contributed by atoms with E-state index in [1.165, 1.54) is 12.8 Å². The monoisotopic (exact) mass is 365 g/mol. The van der Waals surface area contributed by atoms with Crippen LogP contribution in [-0.2, 0) is 6.54 Å². The predicted molar refractivity (Wildman–Crippen MR) is 109 cm³/mol. The molecular weight excluding hydrogens is 338 g/mol. The molecule has 142 valence electrons. The molecule has 0 amide bonds. The van der Waals surface area contributed by atoms with Crippen LogP contribution in [0.25, 0.3) is 21.7 Å². The third-order valence-corrected chi connectivity index (χ3v) is 5.22. The van der Waals surface area contributed by atoms with Gasteiger partial charge >= 0.3 is 0 Å². The fourth-order valence-corrected chi connectivity index (χ4v) is 3.72. The molecule has 2 N–H and O–H groups in total. The van der Waals surface area contributed by atoms with E-state index in [0.29, 0.717) is 23.8 Å². The maximum Gasteiger partial charge on any atom is 0.260 e. The predicted octanol–water partition coefficient (Wildman–Crippen LogP) is 3.71. The largest absolute Gasteiger partial charge is 0.492 e. The van der Waals surface area contributed by atoms with Gasteiger partial charge in [-0.1, -0.05) is 13.8 Å². The smallest absolute Gasteiger partial charge is 0.260 e. The summed E-state index contributed by atoms with van der Waals surface area (Å²) in [6.45, 7) is 5.56. The van der Waals surface area contributed by atoms with Crippen LogP contribution >= 0.6 is 0 Å². The lowest BCUT2D eigenvalue weighted by Gasteiger charge is -2.17. The zero-order valence-electron chi connectivity index (χ0n) is 16.0. The van der Waals surface area contributed by atoms with Gasteiger partial charge in [0.05, 0.1) is 10.9 Å². The molecule has 2 heterocycles. The van der Waals surface area contributed by atoms with Crippen molar-refractivity contribution in [1.82, 2.24) is 9.55 Å². The molecule has 1 saturated carbocycles. The van der Waals surface area contributed by atoms with E-state index in [-0.39, 0.29) is 11.6 Å². The van der Waals surface area contributed by atoms with Crippen LogP contribution in [-0.4, -0.2) is 22.2 Å². The van der Waals surface area contributed by atoms with E-state index in [4.69, 9.17) is 10.5 Å². The molecule has 0 aliphatic heterocycles. The molecule has 4 rings (SSSR count). The normalized spacial score (nSPS) is 15.6. The fourth-order valence-electron chi connectivity index (χ4n) is 3.72. The van der Waals surface area contributed by atoms with Gasteiger partial charge < -0.3 is 15.0 Å². The standard InChI is InChI=1S/C22H27N3O2/c1-14(2)9-16(23)13-27-17-5-6-19-18-7-8-24-11-20(18)22(26)25(21(19)10-17)12-15-3-4-15/h5-8,10-11,14-16H,3-4,9,12-13,23H2,1-2H3/t16-/m0/s1. The summed E-state index contributed by atoms with van der Waals surface area (Å²) in [4.78, 5) is 17.2. The van der Waals surface area contributed by atoms with E-state index in [1.54, 1.807) is 12.4 Å². The van der Waals surface area contributed by atoms with Crippen molar-refractivity contribution >= 4 is 21.7 Å². The lowest BCUT2D eigenvalue weighted by molar-refractivity contribution is 0.271. The van der Waals surface area contributed by atoms with Gasteiger partial charge in [-0.25, -0.2) is 0 Å². The Hall–Kier alpha value is -2.40. The van der Waals surface area contributed by atoms with E-state index in [0.717, 1.165) is 35.0 Å². The molecule has 3 aromatic rings. The number of fused-ring (bicyclic) bond motifs is 3. The van der Waals surface area contributed by atoms with Crippen molar-refractivity contribution in [2.75, 3.05) is 6.61 Å². The topological polar surface area (TPSA) is 70.1 Å². The molecule has 27 heavy (non-hydrogen) atoms. The first-order chi connectivity index (χ1) is 13.0. The molecule has 1 fully saturated rings. The molecule has 1 aliphatic carbocycles. The SMILES string of the molecule is CC(C)C[C@H](N)COc1ccc2c3ccncc3c(=O)n(CC3CC3)c2c1. The molecule has 5 heteroatoms. The van der Waals surface area contributed by atoms with Crippen LogP contribution < -0.4 is 16.0 Å². The van der Waals surface area contributed by atoms with Crippen LogP contribution in [0.4, 0.5) is 0 Å².